The van der Waals surface area contributed by atoms with Crippen molar-refractivity contribution in [2.24, 2.45) is 5.73 Å². The summed E-state index contributed by atoms with van der Waals surface area (Å²) in [6.07, 6.45) is 3.89. The van der Waals surface area contributed by atoms with Crippen LogP contribution in [0, 0.1) is 6.92 Å². The number of hydrogen-bond donors (Lipinski definition) is 1. The number of aromatic nitrogens is 2. The summed E-state index contributed by atoms with van der Waals surface area (Å²) in [4.78, 5) is 6.75. The third-order valence-electron chi connectivity index (χ3n) is 3.72. The quantitative estimate of drug-likeness (QED) is 0.912. The molecule has 0 fully saturated rings. The zero-order valence-corrected chi connectivity index (χ0v) is 11.4. The molecule has 1 aliphatic heterocycles. The van der Waals surface area contributed by atoms with E-state index in [2.05, 4.69) is 14.5 Å². The molecule has 2 N–H and O–H groups in total. The number of aryl methyl sites for hydroxylation is 1. The van der Waals surface area contributed by atoms with Crippen LogP contribution in [0.4, 0.5) is 0 Å². The lowest BCUT2D eigenvalue weighted by Gasteiger charge is -2.35. The first kappa shape index (κ1) is 12.4. The Kier molecular flexibility index (Phi) is 3.16. The van der Waals surface area contributed by atoms with E-state index in [1.54, 1.807) is 0 Å². The zero-order chi connectivity index (χ0) is 13.4. The summed E-state index contributed by atoms with van der Waals surface area (Å²) in [6, 6.07) is 4.16. The van der Waals surface area contributed by atoms with Crippen molar-refractivity contribution in [1.82, 2.24) is 14.5 Å². The van der Waals surface area contributed by atoms with E-state index in [9.17, 15) is 0 Å². The monoisotopic (exact) mass is 260 g/mol. The highest BCUT2D eigenvalue weighted by atomic mass is 16.3. The molecule has 0 spiro atoms. The number of hydrogen-bond acceptors (Lipinski definition) is 4. The van der Waals surface area contributed by atoms with Gasteiger partial charge in [0.1, 0.15) is 17.3 Å². The lowest BCUT2D eigenvalue weighted by molar-refractivity contribution is 0.118. The second kappa shape index (κ2) is 4.83. The number of nitrogens with two attached hydrogens (primary N) is 1. The number of furan rings is 1. The van der Waals surface area contributed by atoms with Crippen LogP contribution >= 0.6 is 0 Å². The Morgan fingerprint density at radius 2 is 2.21 bits per heavy atom. The van der Waals surface area contributed by atoms with Crippen molar-refractivity contribution < 1.29 is 4.42 Å². The molecule has 2 aromatic heterocycles. The van der Waals surface area contributed by atoms with Crippen molar-refractivity contribution in [1.29, 1.82) is 0 Å². The van der Waals surface area contributed by atoms with E-state index in [0.29, 0.717) is 0 Å². The molecule has 0 aliphatic carbocycles. The Bertz CT molecular complexity index is 557. The molecule has 3 heterocycles. The van der Waals surface area contributed by atoms with Gasteiger partial charge in [-0.25, -0.2) is 4.98 Å². The molecule has 0 radical (unpaired) electrons. The number of nitrogens with zero attached hydrogens (tertiary/aromatic N) is 3. The van der Waals surface area contributed by atoms with Crippen LogP contribution in [0.1, 0.15) is 30.3 Å². The maximum absolute atomic E-state index is 6.18. The lowest BCUT2D eigenvalue weighted by Crippen LogP contribution is -2.43. The highest BCUT2D eigenvalue weighted by molar-refractivity contribution is 5.13. The molecule has 0 bridgehead atoms. The fraction of sp³-hybridized carbons (Fsp3) is 0.500. The molecule has 2 atom stereocenters. The Labute approximate surface area is 113 Å². The van der Waals surface area contributed by atoms with Gasteiger partial charge in [0.2, 0.25) is 0 Å². The van der Waals surface area contributed by atoms with Crippen LogP contribution in [0.2, 0.25) is 0 Å². The van der Waals surface area contributed by atoms with Crippen molar-refractivity contribution in [2.75, 3.05) is 6.54 Å². The van der Waals surface area contributed by atoms with E-state index in [0.717, 1.165) is 37.0 Å². The Morgan fingerprint density at radius 3 is 2.89 bits per heavy atom. The van der Waals surface area contributed by atoms with E-state index in [1.807, 2.05) is 38.4 Å². The van der Waals surface area contributed by atoms with E-state index in [4.69, 9.17) is 10.2 Å². The molecular weight excluding hydrogens is 240 g/mol. The molecule has 2 unspecified atom stereocenters. The summed E-state index contributed by atoms with van der Waals surface area (Å²) in [7, 11) is 0. The van der Waals surface area contributed by atoms with Gasteiger partial charge in [-0.15, -0.1) is 0 Å². The second-order valence-electron chi connectivity index (χ2n) is 5.26. The van der Waals surface area contributed by atoms with Crippen LogP contribution in [0.15, 0.2) is 28.9 Å². The van der Waals surface area contributed by atoms with Gasteiger partial charge in [0.05, 0.1) is 12.6 Å². The summed E-state index contributed by atoms with van der Waals surface area (Å²) in [6.45, 7) is 6.74. The van der Waals surface area contributed by atoms with Gasteiger partial charge in [-0.3, -0.25) is 4.90 Å². The smallest absolute Gasteiger partial charge is 0.122 e. The van der Waals surface area contributed by atoms with Crippen LogP contribution in [0.5, 0.6) is 0 Å². The highest BCUT2D eigenvalue weighted by Gasteiger charge is 2.29. The van der Waals surface area contributed by atoms with Gasteiger partial charge in [-0.05, 0) is 26.0 Å². The minimum atomic E-state index is 0.0204. The van der Waals surface area contributed by atoms with Gasteiger partial charge in [0.25, 0.3) is 0 Å². The fourth-order valence-electron chi connectivity index (χ4n) is 2.81. The van der Waals surface area contributed by atoms with Crippen LogP contribution in [-0.2, 0) is 13.1 Å². The van der Waals surface area contributed by atoms with Crippen LogP contribution in [-0.4, -0.2) is 27.0 Å². The van der Waals surface area contributed by atoms with Crippen molar-refractivity contribution >= 4 is 0 Å². The Balaban J connectivity index is 1.86. The predicted molar refractivity (Wildman–Crippen MR) is 72.5 cm³/mol. The second-order valence-corrected chi connectivity index (χ2v) is 5.26. The average Bonchev–Trinajstić information content (AvgIpc) is 2.97. The Hall–Kier alpha value is -1.59. The highest BCUT2D eigenvalue weighted by Crippen LogP contribution is 2.28. The van der Waals surface area contributed by atoms with Crippen molar-refractivity contribution in [3.8, 4) is 0 Å². The normalized spacial score (nSPS) is 19.1. The van der Waals surface area contributed by atoms with Crippen molar-refractivity contribution in [3.05, 3.63) is 41.9 Å². The Morgan fingerprint density at radius 1 is 1.37 bits per heavy atom. The molecule has 0 amide bonds. The third kappa shape index (κ3) is 2.31. The molecule has 3 rings (SSSR count). The van der Waals surface area contributed by atoms with E-state index < -0.39 is 0 Å². The maximum atomic E-state index is 6.18. The predicted octanol–water partition coefficient (Wildman–Crippen LogP) is 1.69. The molecular formula is C14H20N4O. The zero-order valence-electron chi connectivity index (χ0n) is 11.4. The molecule has 0 aromatic carbocycles. The largest absolute Gasteiger partial charge is 0.465 e. The molecule has 1 aliphatic rings. The minimum Gasteiger partial charge on any atom is -0.465 e. The SMILES string of the molecule is Cc1ccc(C(C(C)N)N2CCn3ccnc3C2)o1. The molecule has 2 aromatic rings. The topological polar surface area (TPSA) is 60.2 Å². The number of rotatable bonds is 3. The van der Waals surface area contributed by atoms with Crippen LogP contribution < -0.4 is 5.73 Å². The van der Waals surface area contributed by atoms with E-state index >= 15 is 0 Å². The van der Waals surface area contributed by atoms with Crippen LogP contribution in [0.25, 0.3) is 0 Å². The standard InChI is InChI=1S/C14H20N4O/c1-10-3-4-12(19-10)14(11(2)15)18-8-7-17-6-5-16-13(17)9-18/h3-6,11,14H,7-9,15H2,1-2H3. The molecule has 0 saturated heterocycles. The number of fused-ring (bicyclic) bond motifs is 1. The molecule has 19 heavy (non-hydrogen) atoms. The van der Waals surface area contributed by atoms with Gasteiger partial charge in [-0.1, -0.05) is 0 Å². The first-order chi connectivity index (χ1) is 9.15. The van der Waals surface area contributed by atoms with Gasteiger partial charge in [0.15, 0.2) is 0 Å². The minimum absolute atomic E-state index is 0.0204. The van der Waals surface area contributed by atoms with Gasteiger partial charge >= 0.3 is 0 Å². The van der Waals surface area contributed by atoms with Gasteiger partial charge in [-0.2, -0.15) is 0 Å². The molecule has 5 nitrogen and oxygen atoms in total. The van der Waals surface area contributed by atoms with E-state index in [-0.39, 0.29) is 12.1 Å². The first-order valence-corrected chi connectivity index (χ1v) is 6.71. The summed E-state index contributed by atoms with van der Waals surface area (Å²) < 4.78 is 7.98. The van der Waals surface area contributed by atoms with Crippen molar-refractivity contribution in [2.45, 2.75) is 39.0 Å². The maximum Gasteiger partial charge on any atom is 0.122 e. The molecule has 0 saturated carbocycles. The average molecular weight is 260 g/mol. The summed E-state index contributed by atoms with van der Waals surface area (Å²) in [5.74, 6) is 2.98. The van der Waals surface area contributed by atoms with Crippen LogP contribution in [0.3, 0.4) is 0 Å². The first-order valence-electron chi connectivity index (χ1n) is 6.71. The molecule has 102 valence electrons. The lowest BCUT2D eigenvalue weighted by atomic mass is 10.1. The summed E-state index contributed by atoms with van der Waals surface area (Å²) in [5.41, 5.74) is 6.18. The third-order valence-corrected chi connectivity index (χ3v) is 3.72. The molecule has 5 heteroatoms. The van der Waals surface area contributed by atoms with Gasteiger partial charge < -0.3 is 14.7 Å². The van der Waals surface area contributed by atoms with Gasteiger partial charge in [0, 0.05) is 31.5 Å². The fourth-order valence-corrected chi connectivity index (χ4v) is 2.81. The van der Waals surface area contributed by atoms with Crippen molar-refractivity contribution in [3.63, 3.8) is 0 Å². The summed E-state index contributed by atoms with van der Waals surface area (Å²) in [5, 5.41) is 0. The summed E-state index contributed by atoms with van der Waals surface area (Å²) >= 11 is 0. The number of imidazole rings is 1. The van der Waals surface area contributed by atoms with E-state index in [1.165, 1.54) is 0 Å².